The summed E-state index contributed by atoms with van der Waals surface area (Å²) in [7, 11) is 0. The lowest BCUT2D eigenvalue weighted by atomic mass is 10.3. The number of guanidine groups is 1. The molecule has 22 heavy (non-hydrogen) atoms. The van der Waals surface area contributed by atoms with Crippen molar-refractivity contribution in [2.75, 3.05) is 32.7 Å². The van der Waals surface area contributed by atoms with Crippen LogP contribution in [0.4, 0.5) is 0 Å². The number of halogens is 1. The van der Waals surface area contributed by atoms with Crippen LogP contribution < -0.4 is 11.1 Å². The van der Waals surface area contributed by atoms with Crippen LogP contribution in [0.2, 0.25) is 0 Å². The summed E-state index contributed by atoms with van der Waals surface area (Å²) >= 11 is 0. The minimum Gasteiger partial charge on any atom is -0.370 e. The zero-order chi connectivity index (χ0) is 15.3. The smallest absolute Gasteiger partial charge is 0.188 e. The maximum Gasteiger partial charge on any atom is 0.188 e. The summed E-state index contributed by atoms with van der Waals surface area (Å²) in [5, 5.41) is 3.13. The van der Waals surface area contributed by atoms with Gasteiger partial charge in [-0.15, -0.1) is 24.0 Å². The molecule has 0 radical (unpaired) electrons. The fourth-order valence-corrected chi connectivity index (χ4v) is 2.11. The highest BCUT2D eigenvalue weighted by molar-refractivity contribution is 14.0. The molecule has 0 amide bonds. The Morgan fingerprint density at radius 2 is 2.05 bits per heavy atom. The Labute approximate surface area is 151 Å². The molecule has 0 aliphatic carbocycles. The van der Waals surface area contributed by atoms with E-state index in [0.717, 1.165) is 51.3 Å². The van der Waals surface area contributed by atoms with Crippen LogP contribution in [0.3, 0.4) is 0 Å². The molecule has 0 saturated carbocycles. The number of unbranched alkanes of at least 4 members (excludes halogenated alkanes) is 1. The first-order chi connectivity index (χ1) is 10.3. The van der Waals surface area contributed by atoms with Gasteiger partial charge in [0.25, 0.3) is 0 Å². The Balaban J connectivity index is 0.00000441. The zero-order valence-electron chi connectivity index (χ0n) is 13.8. The normalized spacial score (nSPS) is 11.3. The van der Waals surface area contributed by atoms with Crippen molar-refractivity contribution < 1.29 is 0 Å². The summed E-state index contributed by atoms with van der Waals surface area (Å²) < 4.78 is 0. The average Bonchev–Trinajstić information content (AvgIpc) is 2.52. The number of hydrogen-bond donors (Lipinski definition) is 2. The van der Waals surface area contributed by atoms with Crippen LogP contribution in [0, 0.1) is 0 Å². The van der Waals surface area contributed by atoms with Crippen LogP contribution in [0.1, 0.15) is 32.4 Å². The number of nitrogens with one attached hydrogen (secondary N) is 1. The maximum atomic E-state index is 5.84. The Morgan fingerprint density at radius 3 is 2.68 bits per heavy atom. The van der Waals surface area contributed by atoms with Gasteiger partial charge in [0.05, 0.1) is 0 Å². The molecule has 0 bridgehead atoms. The van der Waals surface area contributed by atoms with Gasteiger partial charge in [0.2, 0.25) is 0 Å². The predicted octanol–water partition coefficient (Wildman–Crippen LogP) is 2.27. The van der Waals surface area contributed by atoms with E-state index in [-0.39, 0.29) is 24.0 Å². The van der Waals surface area contributed by atoms with E-state index in [4.69, 9.17) is 5.73 Å². The summed E-state index contributed by atoms with van der Waals surface area (Å²) in [4.78, 5) is 11.0. The molecule has 1 aromatic heterocycles. The van der Waals surface area contributed by atoms with Gasteiger partial charge in [0.15, 0.2) is 5.96 Å². The van der Waals surface area contributed by atoms with Crippen molar-refractivity contribution in [2.45, 2.75) is 33.1 Å². The first-order valence-electron chi connectivity index (χ1n) is 7.92. The largest absolute Gasteiger partial charge is 0.370 e. The quantitative estimate of drug-likeness (QED) is 0.264. The summed E-state index contributed by atoms with van der Waals surface area (Å²) in [6, 6.07) is 5.93. The number of pyridine rings is 1. The predicted molar refractivity (Wildman–Crippen MR) is 105 cm³/mol. The van der Waals surface area contributed by atoms with E-state index >= 15 is 0 Å². The molecule has 0 aliphatic rings. The Morgan fingerprint density at radius 1 is 1.27 bits per heavy atom. The highest BCUT2D eigenvalue weighted by atomic mass is 127. The van der Waals surface area contributed by atoms with Gasteiger partial charge >= 0.3 is 0 Å². The van der Waals surface area contributed by atoms with Crippen molar-refractivity contribution in [3.05, 3.63) is 30.1 Å². The monoisotopic (exact) mass is 419 g/mol. The number of nitrogens with zero attached hydrogens (tertiary/aromatic N) is 3. The fraction of sp³-hybridized carbons (Fsp3) is 0.625. The number of nitrogens with two attached hydrogens (primary N) is 1. The highest BCUT2D eigenvalue weighted by Crippen LogP contribution is 1.95. The van der Waals surface area contributed by atoms with Gasteiger partial charge in [-0.05, 0) is 44.6 Å². The van der Waals surface area contributed by atoms with E-state index in [0.29, 0.717) is 5.96 Å². The van der Waals surface area contributed by atoms with Crippen molar-refractivity contribution in [3.63, 3.8) is 0 Å². The van der Waals surface area contributed by atoms with Crippen molar-refractivity contribution in [3.8, 4) is 0 Å². The lowest BCUT2D eigenvalue weighted by Crippen LogP contribution is -2.33. The number of hydrogen-bond acceptors (Lipinski definition) is 3. The molecule has 0 unspecified atom stereocenters. The van der Waals surface area contributed by atoms with Crippen molar-refractivity contribution in [1.82, 2.24) is 15.2 Å². The Hall–Kier alpha value is -0.890. The SMILES string of the molecule is CCN(CC)CCCCN=C(N)NCCc1ccccn1.I. The highest BCUT2D eigenvalue weighted by Gasteiger charge is 1.98. The van der Waals surface area contributed by atoms with Crippen LogP contribution >= 0.6 is 24.0 Å². The average molecular weight is 419 g/mol. The molecule has 0 fully saturated rings. The number of aliphatic imine (C=N–C) groups is 1. The summed E-state index contributed by atoms with van der Waals surface area (Å²) in [5.74, 6) is 0.536. The van der Waals surface area contributed by atoms with Gasteiger partial charge in [-0.3, -0.25) is 9.98 Å². The second-order valence-corrected chi connectivity index (χ2v) is 5.00. The summed E-state index contributed by atoms with van der Waals surface area (Å²) in [6.07, 6.45) is 4.92. The molecule has 0 atom stereocenters. The lowest BCUT2D eigenvalue weighted by molar-refractivity contribution is 0.297. The Bertz CT molecular complexity index is 393. The molecule has 0 spiro atoms. The van der Waals surface area contributed by atoms with Crippen LogP contribution in [-0.4, -0.2) is 48.6 Å². The molecular weight excluding hydrogens is 389 g/mol. The van der Waals surface area contributed by atoms with Crippen molar-refractivity contribution >= 4 is 29.9 Å². The lowest BCUT2D eigenvalue weighted by Gasteiger charge is -2.17. The van der Waals surface area contributed by atoms with Crippen LogP contribution in [0.25, 0.3) is 0 Å². The van der Waals surface area contributed by atoms with Gasteiger partial charge in [0, 0.05) is 31.4 Å². The molecule has 0 aliphatic heterocycles. The van der Waals surface area contributed by atoms with Gasteiger partial charge in [-0.25, -0.2) is 0 Å². The first-order valence-corrected chi connectivity index (χ1v) is 7.92. The topological polar surface area (TPSA) is 66.5 Å². The number of aromatic nitrogens is 1. The van der Waals surface area contributed by atoms with Gasteiger partial charge < -0.3 is 16.0 Å². The third-order valence-corrected chi connectivity index (χ3v) is 3.47. The van der Waals surface area contributed by atoms with Crippen LogP contribution in [0.15, 0.2) is 29.4 Å². The number of rotatable bonds is 10. The molecule has 126 valence electrons. The van der Waals surface area contributed by atoms with E-state index in [1.807, 2.05) is 24.4 Å². The van der Waals surface area contributed by atoms with E-state index in [1.54, 1.807) is 0 Å². The van der Waals surface area contributed by atoms with E-state index in [9.17, 15) is 0 Å². The van der Waals surface area contributed by atoms with Crippen LogP contribution in [-0.2, 0) is 6.42 Å². The molecule has 0 aromatic carbocycles. The summed E-state index contributed by atoms with van der Waals surface area (Å²) in [6.45, 7) is 9.36. The molecule has 1 heterocycles. The Kier molecular flexibility index (Phi) is 13.2. The fourth-order valence-electron chi connectivity index (χ4n) is 2.11. The van der Waals surface area contributed by atoms with Crippen molar-refractivity contribution in [1.29, 1.82) is 0 Å². The van der Waals surface area contributed by atoms with E-state index in [2.05, 4.69) is 34.0 Å². The van der Waals surface area contributed by atoms with Crippen LogP contribution in [0.5, 0.6) is 0 Å². The molecule has 1 rings (SSSR count). The zero-order valence-corrected chi connectivity index (χ0v) is 16.1. The second-order valence-electron chi connectivity index (χ2n) is 5.00. The van der Waals surface area contributed by atoms with Crippen molar-refractivity contribution in [2.24, 2.45) is 10.7 Å². The molecule has 5 nitrogen and oxygen atoms in total. The molecule has 1 aromatic rings. The van der Waals surface area contributed by atoms with E-state index in [1.165, 1.54) is 6.42 Å². The minimum atomic E-state index is 0. The second kappa shape index (κ2) is 13.8. The van der Waals surface area contributed by atoms with E-state index < -0.39 is 0 Å². The third kappa shape index (κ3) is 9.94. The third-order valence-electron chi connectivity index (χ3n) is 3.47. The first kappa shape index (κ1) is 21.1. The standard InChI is InChI=1S/C16H29N5.HI/c1-3-21(4-2)14-8-7-12-19-16(17)20-13-10-15-9-5-6-11-18-15;/h5-6,9,11H,3-4,7-8,10,12-14H2,1-2H3,(H3,17,19,20);1H. The van der Waals surface area contributed by atoms with Gasteiger partial charge in [-0.1, -0.05) is 19.9 Å². The summed E-state index contributed by atoms with van der Waals surface area (Å²) in [5.41, 5.74) is 6.91. The van der Waals surface area contributed by atoms with Gasteiger partial charge in [0.1, 0.15) is 0 Å². The van der Waals surface area contributed by atoms with Gasteiger partial charge in [-0.2, -0.15) is 0 Å². The molecule has 0 saturated heterocycles. The molecule has 3 N–H and O–H groups in total. The molecular formula is C16H30IN5. The molecule has 6 heteroatoms. The maximum absolute atomic E-state index is 5.84. The minimum absolute atomic E-state index is 0.